The molecule has 0 atom stereocenters. The summed E-state index contributed by atoms with van der Waals surface area (Å²) in [7, 11) is 2.06. The van der Waals surface area contributed by atoms with Gasteiger partial charge in [0.2, 0.25) is 0 Å². The second-order valence-electron chi connectivity index (χ2n) is 6.32. The molecule has 0 heterocycles. The Morgan fingerprint density at radius 2 is 1.89 bits per heavy atom. The smallest absolute Gasteiger partial charge is 0.191 e. The van der Waals surface area contributed by atoms with Crippen LogP contribution in [0.4, 0.5) is 0 Å². The van der Waals surface area contributed by atoms with Crippen molar-refractivity contribution in [1.29, 1.82) is 0 Å². The van der Waals surface area contributed by atoms with Crippen LogP contribution in [0.15, 0.2) is 35.3 Å². The first-order chi connectivity index (χ1) is 9.08. The van der Waals surface area contributed by atoms with E-state index in [1.54, 1.807) is 0 Å². The summed E-state index contributed by atoms with van der Waals surface area (Å²) < 4.78 is 0. The highest BCUT2D eigenvalue weighted by atomic mass is 15.3. The van der Waals surface area contributed by atoms with E-state index in [1.807, 2.05) is 0 Å². The van der Waals surface area contributed by atoms with E-state index in [2.05, 4.69) is 54.2 Å². The van der Waals surface area contributed by atoms with Gasteiger partial charge in [-0.1, -0.05) is 37.3 Å². The summed E-state index contributed by atoms with van der Waals surface area (Å²) in [4.78, 5) is 6.82. The molecular formula is C16H23N3. The zero-order chi connectivity index (χ0) is 13.5. The molecule has 0 saturated heterocycles. The largest absolute Gasteiger partial charge is 0.370 e. The van der Waals surface area contributed by atoms with Crippen molar-refractivity contribution in [2.75, 3.05) is 7.05 Å². The predicted molar refractivity (Wildman–Crippen MR) is 79.2 cm³/mol. The maximum Gasteiger partial charge on any atom is 0.191 e. The number of hydrogen-bond donors (Lipinski definition) is 1. The summed E-state index contributed by atoms with van der Waals surface area (Å²) in [5, 5.41) is 0. The van der Waals surface area contributed by atoms with E-state index in [-0.39, 0.29) is 5.41 Å². The van der Waals surface area contributed by atoms with Crippen LogP contribution >= 0.6 is 0 Å². The molecule has 0 spiro atoms. The molecule has 3 nitrogen and oxygen atoms in total. The number of rotatable bonds is 3. The summed E-state index contributed by atoms with van der Waals surface area (Å²) in [5.41, 5.74) is 7.78. The molecule has 3 heteroatoms. The SMILES string of the molecule is CN(C(N)=NC1CC(C)(c2ccccc2)C1)C1CC1. The Morgan fingerprint density at radius 3 is 2.47 bits per heavy atom. The Bertz CT molecular complexity index is 470. The van der Waals surface area contributed by atoms with Crippen molar-refractivity contribution < 1.29 is 0 Å². The van der Waals surface area contributed by atoms with Gasteiger partial charge in [0.25, 0.3) is 0 Å². The average Bonchev–Trinajstić information content (AvgIpc) is 3.21. The first-order valence-electron chi connectivity index (χ1n) is 7.20. The van der Waals surface area contributed by atoms with Crippen LogP contribution in [0.1, 0.15) is 38.2 Å². The number of nitrogens with zero attached hydrogens (tertiary/aromatic N) is 2. The van der Waals surface area contributed by atoms with Crippen LogP contribution < -0.4 is 5.73 Å². The lowest BCUT2D eigenvalue weighted by Crippen LogP contribution is -2.44. The second kappa shape index (κ2) is 4.55. The van der Waals surface area contributed by atoms with Crippen molar-refractivity contribution in [2.45, 2.75) is 50.1 Å². The quantitative estimate of drug-likeness (QED) is 0.668. The Balaban J connectivity index is 1.61. The van der Waals surface area contributed by atoms with Gasteiger partial charge in [0.05, 0.1) is 6.04 Å². The van der Waals surface area contributed by atoms with Gasteiger partial charge in [-0.3, -0.25) is 0 Å². The lowest BCUT2D eigenvalue weighted by molar-refractivity contribution is 0.227. The van der Waals surface area contributed by atoms with E-state index in [4.69, 9.17) is 5.73 Å². The van der Waals surface area contributed by atoms with Crippen molar-refractivity contribution in [1.82, 2.24) is 4.90 Å². The Morgan fingerprint density at radius 1 is 1.26 bits per heavy atom. The van der Waals surface area contributed by atoms with Gasteiger partial charge in [-0.05, 0) is 36.7 Å². The van der Waals surface area contributed by atoms with Gasteiger partial charge in [-0.15, -0.1) is 0 Å². The van der Waals surface area contributed by atoms with Gasteiger partial charge < -0.3 is 10.6 Å². The minimum absolute atomic E-state index is 0.286. The zero-order valence-corrected chi connectivity index (χ0v) is 11.8. The lowest BCUT2D eigenvalue weighted by Gasteiger charge is -2.44. The number of hydrogen-bond acceptors (Lipinski definition) is 1. The highest BCUT2D eigenvalue weighted by molar-refractivity contribution is 5.78. The molecule has 2 saturated carbocycles. The first kappa shape index (κ1) is 12.5. The summed E-state index contributed by atoms with van der Waals surface area (Å²) in [5.74, 6) is 0.725. The molecule has 2 fully saturated rings. The fraction of sp³-hybridized carbons (Fsp3) is 0.562. The van der Waals surface area contributed by atoms with Gasteiger partial charge in [-0.25, -0.2) is 4.99 Å². The summed E-state index contributed by atoms with van der Waals surface area (Å²) in [6.45, 7) is 2.33. The van der Waals surface area contributed by atoms with Crippen LogP contribution in [0.3, 0.4) is 0 Å². The highest BCUT2D eigenvalue weighted by Gasteiger charge is 2.41. The molecule has 1 aromatic rings. The number of guanidine groups is 1. The minimum Gasteiger partial charge on any atom is -0.370 e. The Labute approximate surface area is 115 Å². The van der Waals surface area contributed by atoms with Gasteiger partial charge in [0.15, 0.2) is 5.96 Å². The molecule has 2 aliphatic carbocycles. The second-order valence-corrected chi connectivity index (χ2v) is 6.32. The molecule has 102 valence electrons. The summed E-state index contributed by atoms with van der Waals surface area (Å²) >= 11 is 0. The van der Waals surface area contributed by atoms with Crippen molar-refractivity contribution >= 4 is 5.96 Å². The van der Waals surface area contributed by atoms with Gasteiger partial charge >= 0.3 is 0 Å². The maximum atomic E-state index is 6.07. The molecule has 0 aliphatic heterocycles. The van der Waals surface area contributed by atoms with E-state index in [9.17, 15) is 0 Å². The van der Waals surface area contributed by atoms with Crippen molar-refractivity contribution in [3.63, 3.8) is 0 Å². The molecule has 3 rings (SSSR count). The molecule has 2 aliphatic rings. The van der Waals surface area contributed by atoms with Crippen LogP contribution in [0, 0.1) is 0 Å². The van der Waals surface area contributed by atoms with E-state index in [1.165, 1.54) is 18.4 Å². The highest BCUT2D eigenvalue weighted by Crippen LogP contribution is 2.45. The zero-order valence-electron chi connectivity index (χ0n) is 11.8. The molecule has 1 aromatic carbocycles. The van der Waals surface area contributed by atoms with Crippen LogP contribution in [0.2, 0.25) is 0 Å². The Kier molecular flexibility index (Phi) is 3.00. The molecular weight excluding hydrogens is 234 g/mol. The van der Waals surface area contributed by atoms with Crippen molar-refractivity contribution in [3.8, 4) is 0 Å². The topological polar surface area (TPSA) is 41.6 Å². The van der Waals surface area contributed by atoms with E-state index in [0.717, 1.165) is 18.8 Å². The van der Waals surface area contributed by atoms with Crippen LogP contribution in [0.25, 0.3) is 0 Å². The van der Waals surface area contributed by atoms with Crippen LogP contribution in [0.5, 0.6) is 0 Å². The molecule has 0 radical (unpaired) electrons. The van der Waals surface area contributed by atoms with E-state index in [0.29, 0.717) is 12.1 Å². The van der Waals surface area contributed by atoms with Crippen molar-refractivity contribution in [2.24, 2.45) is 10.7 Å². The lowest BCUT2D eigenvalue weighted by atomic mass is 9.63. The maximum absolute atomic E-state index is 6.07. The fourth-order valence-corrected chi connectivity index (χ4v) is 3.07. The standard InChI is InChI=1S/C16H23N3/c1-16(12-6-4-3-5-7-12)10-13(11-16)18-15(17)19(2)14-8-9-14/h3-7,13-14H,8-11H2,1-2H3,(H2,17,18). The fourth-order valence-electron chi connectivity index (χ4n) is 3.07. The molecule has 19 heavy (non-hydrogen) atoms. The first-order valence-corrected chi connectivity index (χ1v) is 7.20. The summed E-state index contributed by atoms with van der Waals surface area (Å²) in [6, 6.07) is 11.8. The van der Waals surface area contributed by atoms with Crippen LogP contribution in [-0.4, -0.2) is 30.0 Å². The van der Waals surface area contributed by atoms with E-state index >= 15 is 0 Å². The van der Waals surface area contributed by atoms with Crippen LogP contribution in [-0.2, 0) is 5.41 Å². The molecule has 0 aromatic heterocycles. The normalized spacial score (nSPS) is 30.8. The molecule has 0 bridgehead atoms. The van der Waals surface area contributed by atoms with E-state index < -0.39 is 0 Å². The third-order valence-corrected chi connectivity index (χ3v) is 4.61. The van der Waals surface area contributed by atoms with Gasteiger partial charge in [0, 0.05) is 13.1 Å². The molecule has 2 N–H and O–H groups in total. The van der Waals surface area contributed by atoms with Gasteiger partial charge in [0.1, 0.15) is 0 Å². The molecule has 0 unspecified atom stereocenters. The number of nitrogens with two attached hydrogens (primary N) is 1. The Hall–Kier alpha value is -1.51. The predicted octanol–water partition coefficient (Wildman–Crippen LogP) is 2.52. The average molecular weight is 257 g/mol. The number of aliphatic imine (C=N–C) groups is 1. The summed E-state index contributed by atoms with van der Waals surface area (Å²) in [6.07, 6.45) is 4.74. The van der Waals surface area contributed by atoms with Gasteiger partial charge in [-0.2, -0.15) is 0 Å². The monoisotopic (exact) mass is 257 g/mol. The van der Waals surface area contributed by atoms with Crippen molar-refractivity contribution in [3.05, 3.63) is 35.9 Å². The third kappa shape index (κ3) is 2.46. The number of benzene rings is 1. The third-order valence-electron chi connectivity index (χ3n) is 4.61. The molecule has 0 amide bonds. The minimum atomic E-state index is 0.286.